The van der Waals surface area contributed by atoms with Crippen molar-refractivity contribution in [3.05, 3.63) is 60.2 Å². The number of benzene rings is 2. The second-order valence-electron chi connectivity index (χ2n) is 7.21. The van der Waals surface area contributed by atoms with Crippen LogP contribution in [0.3, 0.4) is 0 Å². The maximum atomic E-state index is 12.0. The molecule has 5 heteroatoms. The molecule has 0 aliphatic carbocycles. The number of hydrogen-bond acceptors (Lipinski definition) is 3. The highest BCUT2D eigenvalue weighted by Crippen LogP contribution is 2.20. The zero-order valence-corrected chi connectivity index (χ0v) is 15.4. The molecule has 0 aromatic heterocycles. The fraction of sp³-hybridized carbons (Fsp3) is 0.333. The number of nitrogens with one attached hydrogen (secondary N) is 1. The van der Waals surface area contributed by atoms with Gasteiger partial charge in [-0.25, -0.2) is 4.79 Å². The van der Waals surface area contributed by atoms with Gasteiger partial charge in [0, 0.05) is 6.04 Å². The van der Waals surface area contributed by atoms with E-state index >= 15 is 0 Å². The van der Waals surface area contributed by atoms with Crippen molar-refractivity contribution in [2.24, 2.45) is 0 Å². The van der Waals surface area contributed by atoms with Crippen LogP contribution < -0.4 is 5.32 Å². The van der Waals surface area contributed by atoms with E-state index in [1.165, 1.54) is 0 Å². The lowest BCUT2D eigenvalue weighted by Crippen LogP contribution is -2.41. The van der Waals surface area contributed by atoms with Crippen LogP contribution >= 0.6 is 0 Å². The highest BCUT2D eigenvalue weighted by Gasteiger charge is 2.21. The number of rotatable bonds is 6. The molecule has 2 aromatic carbocycles. The summed E-state index contributed by atoms with van der Waals surface area (Å²) in [6.45, 7) is 5.29. The number of carbonyl (C=O) groups excluding carboxylic acids is 1. The maximum absolute atomic E-state index is 12.0. The second-order valence-corrected chi connectivity index (χ2v) is 7.21. The fourth-order valence-corrected chi connectivity index (χ4v) is 2.61. The number of carbonyl (C=O) groups is 2. The Balaban J connectivity index is 2.05. The molecule has 0 aliphatic heterocycles. The highest BCUT2D eigenvalue weighted by atomic mass is 16.6. The van der Waals surface area contributed by atoms with Gasteiger partial charge < -0.3 is 15.2 Å². The first-order valence-electron chi connectivity index (χ1n) is 8.58. The van der Waals surface area contributed by atoms with Crippen LogP contribution in [0.5, 0.6) is 0 Å². The fourth-order valence-electron chi connectivity index (χ4n) is 2.61. The van der Waals surface area contributed by atoms with Gasteiger partial charge in [-0.2, -0.15) is 0 Å². The molecule has 5 nitrogen and oxygen atoms in total. The molecule has 138 valence electrons. The summed E-state index contributed by atoms with van der Waals surface area (Å²) in [4.78, 5) is 23.1. The van der Waals surface area contributed by atoms with Crippen molar-refractivity contribution >= 4 is 12.1 Å². The lowest BCUT2D eigenvalue weighted by Gasteiger charge is -2.23. The molecule has 26 heavy (non-hydrogen) atoms. The molecular weight excluding hydrogens is 330 g/mol. The van der Waals surface area contributed by atoms with Gasteiger partial charge in [0.05, 0.1) is 6.42 Å². The van der Waals surface area contributed by atoms with Crippen molar-refractivity contribution in [2.75, 3.05) is 0 Å². The lowest BCUT2D eigenvalue weighted by atomic mass is 9.99. The van der Waals surface area contributed by atoms with Gasteiger partial charge in [-0.3, -0.25) is 4.79 Å². The van der Waals surface area contributed by atoms with Crippen LogP contribution in [0.15, 0.2) is 54.6 Å². The summed E-state index contributed by atoms with van der Waals surface area (Å²) in [5.74, 6) is -0.966. The van der Waals surface area contributed by atoms with Crippen molar-refractivity contribution in [3.8, 4) is 11.1 Å². The lowest BCUT2D eigenvalue weighted by molar-refractivity contribution is -0.137. The Morgan fingerprint density at radius 3 is 2.12 bits per heavy atom. The van der Waals surface area contributed by atoms with Gasteiger partial charge in [0.25, 0.3) is 0 Å². The summed E-state index contributed by atoms with van der Waals surface area (Å²) in [6.07, 6.45) is -0.357. The second kappa shape index (κ2) is 8.52. The van der Waals surface area contributed by atoms with Crippen LogP contribution in [0.25, 0.3) is 11.1 Å². The van der Waals surface area contributed by atoms with Crippen molar-refractivity contribution in [1.82, 2.24) is 5.32 Å². The Labute approximate surface area is 154 Å². The Bertz CT molecular complexity index is 733. The molecule has 0 spiro atoms. The molecule has 0 bridgehead atoms. The summed E-state index contributed by atoms with van der Waals surface area (Å²) < 4.78 is 5.22. The quantitative estimate of drug-likeness (QED) is 0.812. The minimum Gasteiger partial charge on any atom is -0.481 e. The van der Waals surface area contributed by atoms with E-state index in [4.69, 9.17) is 9.84 Å². The van der Waals surface area contributed by atoms with E-state index in [1.807, 2.05) is 54.6 Å². The van der Waals surface area contributed by atoms with Crippen molar-refractivity contribution < 1.29 is 19.4 Å². The van der Waals surface area contributed by atoms with Gasteiger partial charge >= 0.3 is 12.1 Å². The van der Waals surface area contributed by atoms with Crippen molar-refractivity contribution in [2.45, 2.75) is 45.3 Å². The van der Waals surface area contributed by atoms with Crippen molar-refractivity contribution in [3.63, 3.8) is 0 Å². The smallest absolute Gasteiger partial charge is 0.407 e. The number of aliphatic carboxylic acids is 1. The molecule has 0 saturated heterocycles. The van der Waals surface area contributed by atoms with Gasteiger partial charge in [0.1, 0.15) is 5.60 Å². The molecule has 0 radical (unpaired) electrons. The highest BCUT2D eigenvalue weighted by molar-refractivity contribution is 5.71. The molecule has 0 saturated carbocycles. The summed E-state index contributed by atoms with van der Waals surface area (Å²) >= 11 is 0. The molecule has 0 unspecified atom stereocenters. The van der Waals surface area contributed by atoms with E-state index < -0.39 is 23.7 Å². The molecule has 0 aliphatic rings. The van der Waals surface area contributed by atoms with Gasteiger partial charge in [0.2, 0.25) is 0 Å². The monoisotopic (exact) mass is 355 g/mol. The molecule has 2 aromatic rings. The maximum Gasteiger partial charge on any atom is 0.407 e. The molecule has 1 amide bonds. The Morgan fingerprint density at radius 2 is 1.58 bits per heavy atom. The molecule has 0 heterocycles. The Hall–Kier alpha value is -2.82. The van der Waals surface area contributed by atoms with Crippen LogP contribution in [0.1, 0.15) is 32.8 Å². The van der Waals surface area contributed by atoms with Crippen LogP contribution in [0, 0.1) is 0 Å². The number of hydrogen-bond donors (Lipinski definition) is 2. The predicted octanol–water partition coefficient (Wildman–Crippen LogP) is 4.26. The summed E-state index contributed by atoms with van der Waals surface area (Å²) in [7, 11) is 0. The largest absolute Gasteiger partial charge is 0.481 e. The zero-order valence-electron chi connectivity index (χ0n) is 15.4. The SMILES string of the molecule is CC(C)(C)OC(=O)N[C@@H](CC(=O)O)Cc1ccc(-c2ccccc2)cc1. The normalized spacial score (nSPS) is 12.3. The van der Waals surface area contributed by atoms with Crippen LogP contribution in [-0.4, -0.2) is 28.8 Å². The first-order valence-corrected chi connectivity index (χ1v) is 8.58. The third-order valence-electron chi connectivity index (χ3n) is 3.69. The summed E-state index contributed by atoms with van der Waals surface area (Å²) in [6, 6.07) is 17.4. The van der Waals surface area contributed by atoms with E-state index in [0.29, 0.717) is 6.42 Å². The summed E-state index contributed by atoms with van der Waals surface area (Å²) in [5.41, 5.74) is 2.53. The van der Waals surface area contributed by atoms with E-state index in [1.54, 1.807) is 20.8 Å². The number of ether oxygens (including phenoxy) is 1. The first kappa shape index (κ1) is 19.5. The number of carboxylic acid groups (broad SMARTS) is 1. The standard InChI is InChI=1S/C21H25NO4/c1-21(2,3)26-20(25)22-18(14-19(23)24)13-15-9-11-17(12-10-15)16-7-5-4-6-8-16/h4-12,18H,13-14H2,1-3H3,(H,22,25)(H,23,24)/t18-/m1/s1. The van der Waals surface area contributed by atoms with Crippen LogP contribution in [0.4, 0.5) is 4.79 Å². The number of amides is 1. The third-order valence-corrected chi connectivity index (χ3v) is 3.69. The Kier molecular flexibility index (Phi) is 6.39. The molecule has 1 atom stereocenters. The number of alkyl carbamates (subject to hydrolysis) is 1. The third kappa shape index (κ3) is 6.59. The topological polar surface area (TPSA) is 75.6 Å². The van der Waals surface area contributed by atoms with E-state index in [2.05, 4.69) is 5.32 Å². The van der Waals surface area contributed by atoms with E-state index in [9.17, 15) is 9.59 Å². The summed E-state index contributed by atoms with van der Waals surface area (Å²) in [5, 5.41) is 11.8. The Morgan fingerprint density at radius 1 is 1.00 bits per heavy atom. The zero-order chi connectivity index (χ0) is 19.2. The van der Waals surface area contributed by atoms with Gasteiger partial charge in [-0.1, -0.05) is 54.6 Å². The van der Waals surface area contributed by atoms with Gasteiger partial charge in [-0.05, 0) is 43.9 Å². The predicted molar refractivity (Wildman–Crippen MR) is 101 cm³/mol. The average Bonchev–Trinajstić information content (AvgIpc) is 2.54. The molecular formula is C21H25NO4. The van der Waals surface area contributed by atoms with E-state index in [0.717, 1.165) is 16.7 Å². The van der Waals surface area contributed by atoms with Crippen LogP contribution in [0.2, 0.25) is 0 Å². The first-order chi connectivity index (χ1) is 12.2. The van der Waals surface area contributed by atoms with Gasteiger partial charge in [0.15, 0.2) is 0 Å². The van der Waals surface area contributed by atoms with Crippen molar-refractivity contribution in [1.29, 1.82) is 0 Å². The minimum absolute atomic E-state index is 0.167. The average molecular weight is 355 g/mol. The molecule has 2 N–H and O–H groups in total. The van der Waals surface area contributed by atoms with Gasteiger partial charge in [-0.15, -0.1) is 0 Å². The minimum atomic E-state index is -0.966. The molecule has 2 rings (SSSR count). The number of carboxylic acids is 1. The van der Waals surface area contributed by atoms with Crippen LogP contribution in [-0.2, 0) is 16.0 Å². The molecule has 0 fully saturated rings. The van der Waals surface area contributed by atoms with E-state index in [-0.39, 0.29) is 6.42 Å².